The number of nitrogens with one attached hydrogen (secondary N) is 1. The molecule has 108 valence electrons. The lowest BCUT2D eigenvalue weighted by Crippen LogP contribution is -2.34. The number of H-pyrrole nitrogens is 1. The van der Waals surface area contributed by atoms with Gasteiger partial charge >= 0.3 is 0 Å². The first-order chi connectivity index (χ1) is 9.45. The van der Waals surface area contributed by atoms with Crippen LogP contribution in [0.3, 0.4) is 0 Å². The van der Waals surface area contributed by atoms with Crippen molar-refractivity contribution < 1.29 is 13.2 Å². The van der Waals surface area contributed by atoms with Gasteiger partial charge in [0, 0.05) is 30.6 Å². The highest BCUT2D eigenvalue weighted by Gasteiger charge is 2.21. The zero-order valence-corrected chi connectivity index (χ0v) is 12.4. The van der Waals surface area contributed by atoms with Gasteiger partial charge < -0.3 is 4.98 Å². The van der Waals surface area contributed by atoms with E-state index in [4.69, 9.17) is 0 Å². The van der Waals surface area contributed by atoms with Gasteiger partial charge in [0.25, 0.3) is 0 Å². The summed E-state index contributed by atoms with van der Waals surface area (Å²) in [7, 11) is -2.14. The third-order valence-corrected chi connectivity index (χ3v) is 5.18. The van der Waals surface area contributed by atoms with Crippen molar-refractivity contribution in [1.82, 2.24) is 9.29 Å². The number of aryl methyl sites for hydroxylation is 1. The zero-order chi connectivity index (χ0) is 14.8. The van der Waals surface area contributed by atoms with Crippen molar-refractivity contribution in [3.63, 3.8) is 0 Å². The maximum atomic E-state index is 11.9. The molecule has 0 radical (unpaired) electrons. The van der Waals surface area contributed by atoms with Crippen LogP contribution >= 0.6 is 0 Å². The lowest BCUT2D eigenvalue weighted by Gasteiger charge is -2.16. The van der Waals surface area contributed by atoms with Gasteiger partial charge in [-0.05, 0) is 25.0 Å². The number of nitrogens with zero attached hydrogens (tertiary/aromatic N) is 1. The van der Waals surface area contributed by atoms with Crippen LogP contribution in [-0.2, 0) is 21.2 Å². The minimum Gasteiger partial charge on any atom is -0.361 e. The zero-order valence-electron chi connectivity index (χ0n) is 11.6. The van der Waals surface area contributed by atoms with E-state index >= 15 is 0 Å². The molecule has 0 unspecified atom stereocenters. The molecule has 0 aliphatic rings. The second-order valence-electron chi connectivity index (χ2n) is 4.62. The minimum atomic E-state index is -3.45. The molecular weight excluding hydrogens is 276 g/mol. The largest absolute Gasteiger partial charge is 0.361 e. The van der Waals surface area contributed by atoms with Crippen LogP contribution in [-0.4, -0.2) is 36.4 Å². The molecule has 1 N–H and O–H groups in total. The van der Waals surface area contributed by atoms with Crippen LogP contribution in [0.4, 0.5) is 0 Å². The first-order valence-corrected chi connectivity index (χ1v) is 8.11. The van der Waals surface area contributed by atoms with E-state index in [2.05, 4.69) is 4.98 Å². The van der Waals surface area contributed by atoms with E-state index in [1.807, 2.05) is 30.5 Å². The molecular formula is C14H18N2O3S. The maximum Gasteiger partial charge on any atom is 0.236 e. The number of para-hydroxylation sites is 1. The van der Waals surface area contributed by atoms with Gasteiger partial charge in [-0.3, -0.25) is 4.79 Å². The van der Waals surface area contributed by atoms with Crippen LogP contribution in [0.15, 0.2) is 30.5 Å². The van der Waals surface area contributed by atoms with Crippen molar-refractivity contribution in [3.05, 3.63) is 36.0 Å². The molecule has 1 aromatic carbocycles. The van der Waals surface area contributed by atoms with Crippen molar-refractivity contribution in [2.45, 2.75) is 19.8 Å². The number of hydrogen-bond acceptors (Lipinski definition) is 3. The average molecular weight is 294 g/mol. The number of sulfonamides is 1. The summed E-state index contributed by atoms with van der Waals surface area (Å²) in [5.41, 5.74) is 2.04. The molecule has 2 rings (SSSR count). The van der Waals surface area contributed by atoms with Gasteiger partial charge in [0.05, 0.1) is 5.75 Å². The Morgan fingerprint density at radius 1 is 1.30 bits per heavy atom. The number of fused-ring (bicyclic) bond motifs is 1. The third kappa shape index (κ3) is 2.85. The van der Waals surface area contributed by atoms with Gasteiger partial charge in [0.1, 0.15) is 0 Å². The highest BCUT2D eigenvalue weighted by atomic mass is 32.2. The highest BCUT2D eigenvalue weighted by molar-refractivity contribution is 7.89. The molecule has 0 fully saturated rings. The van der Waals surface area contributed by atoms with E-state index < -0.39 is 10.0 Å². The summed E-state index contributed by atoms with van der Waals surface area (Å²) in [5.74, 6) is -0.445. The summed E-state index contributed by atoms with van der Waals surface area (Å²) in [6.45, 7) is 1.53. The molecule has 6 heteroatoms. The summed E-state index contributed by atoms with van der Waals surface area (Å²) in [6.07, 6.45) is 2.57. The van der Waals surface area contributed by atoms with Crippen molar-refractivity contribution in [2.24, 2.45) is 0 Å². The average Bonchev–Trinajstić information content (AvgIpc) is 2.87. The van der Waals surface area contributed by atoms with Crippen LogP contribution in [0, 0.1) is 0 Å². The highest BCUT2D eigenvalue weighted by Crippen LogP contribution is 2.19. The predicted octanol–water partition coefficient (Wildman–Crippen LogP) is 1.91. The van der Waals surface area contributed by atoms with E-state index in [1.165, 1.54) is 14.0 Å². The Balaban J connectivity index is 2.07. The van der Waals surface area contributed by atoms with Crippen molar-refractivity contribution in [3.8, 4) is 0 Å². The van der Waals surface area contributed by atoms with Crippen LogP contribution in [0.1, 0.15) is 18.9 Å². The van der Waals surface area contributed by atoms with Crippen LogP contribution in [0.25, 0.3) is 10.9 Å². The van der Waals surface area contributed by atoms with Gasteiger partial charge in [-0.1, -0.05) is 18.2 Å². The Labute approximate surface area is 118 Å². The number of benzene rings is 1. The molecule has 0 atom stereocenters. The molecule has 0 aliphatic carbocycles. The summed E-state index contributed by atoms with van der Waals surface area (Å²) in [4.78, 5) is 15.1. The lowest BCUT2D eigenvalue weighted by atomic mass is 10.1. The first kappa shape index (κ1) is 14.6. The number of aromatic amines is 1. The summed E-state index contributed by atoms with van der Waals surface area (Å²) in [6, 6.07) is 7.83. The topological polar surface area (TPSA) is 70.2 Å². The van der Waals surface area contributed by atoms with Crippen LogP contribution in [0.5, 0.6) is 0 Å². The van der Waals surface area contributed by atoms with Crippen LogP contribution in [0.2, 0.25) is 0 Å². The van der Waals surface area contributed by atoms with Gasteiger partial charge in [-0.2, -0.15) is 0 Å². The molecule has 20 heavy (non-hydrogen) atoms. The van der Waals surface area contributed by atoms with E-state index in [1.54, 1.807) is 0 Å². The lowest BCUT2D eigenvalue weighted by molar-refractivity contribution is -0.125. The molecule has 1 aromatic heterocycles. The number of carbonyl (C=O) groups is 1. The smallest absolute Gasteiger partial charge is 0.236 e. The molecule has 1 amide bonds. The summed E-state index contributed by atoms with van der Waals surface area (Å²) < 4.78 is 24.1. The standard InChI is InChI=1S/C14H18N2O3S/c1-3-20(18,19)16(2)14(17)9-8-11-10-15-13-7-5-4-6-12(11)13/h4-7,10,15H,3,8-9H2,1-2H3. The fourth-order valence-electron chi connectivity index (χ4n) is 2.09. The molecule has 0 spiro atoms. The van der Waals surface area contributed by atoms with Gasteiger partial charge in [-0.15, -0.1) is 0 Å². The predicted molar refractivity (Wildman–Crippen MR) is 78.9 cm³/mol. The third-order valence-electron chi connectivity index (χ3n) is 3.42. The quantitative estimate of drug-likeness (QED) is 0.915. The molecule has 5 nitrogen and oxygen atoms in total. The molecule has 0 aliphatic heterocycles. The molecule has 0 saturated heterocycles. The molecule has 0 saturated carbocycles. The minimum absolute atomic E-state index is 0.0671. The van der Waals surface area contributed by atoms with E-state index in [9.17, 15) is 13.2 Å². The van der Waals surface area contributed by atoms with E-state index in [-0.39, 0.29) is 18.1 Å². The van der Waals surface area contributed by atoms with Crippen molar-refractivity contribution in [2.75, 3.05) is 12.8 Å². The molecule has 2 aromatic rings. The second-order valence-corrected chi connectivity index (χ2v) is 6.91. The normalized spacial score (nSPS) is 11.7. The van der Waals surface area contributed by atoms with Crippen molar-refractivity contribution >= 4 is 26.8 Å². The monoisotopic (exact) mass is 294 g/mol. The number of rotatable bonds is 5. The number of hydrogen-bond donors (Lipinski definition) is 1. The second kappa shape index (κ2) is 5.66. The van der Waals surface area contributed by atoms with Gasteiger partial charge in [0.15, 0.2) is 0 Å². The Morgan fingerprint density at radius 2 is 2.00 bits per heavy atom. The summed E-state index contributed by atoms with van der Waals surface area (Å²) in [5, 5.41) is 1.07. The first-order valence-electron chi connectivity index (χ1n) is 6.50. The fourth-order valence-corrected chi connectivity index (χ4v) is 2.88. The van der Waals surface area contributed by atoms with Crippen molar-refractivity contribution in [1.29, 1.82) is 0 Å². The number of carbonyl (C=O) groups excluding carboxylic acids is 1. The van der Waals surface area contributed by atoms with Gasteiger partial charge in [-0.25, -0.2) is 12.7 Å². The number of amides is 1. The Hall–Kier alpha value is -1.82. The fraction of sp³-hybridized carbons (Fsp3) is 0.357. The SMILES string of the molecule is CCS(=O)(=O)N(C)C(=O)CCc1c[nH]c2ccccc12. The Bertz CT molecular complexity index is 719. The molecule has 1 heterocycles. The van der Waals surface area contributed by atoms with Crippen LogP contribution < -0.4 is 0 Å². The van der Waals surface area contributed by atoms with Gasteiger partial charge in [0.2, 0.25) is 15.9 Å². The maximum absolute atomic E-state index is 11.9. The molecule has 0 bridgehead atoms. The Kier molecular flexibility index (Phi) is 4.13. The summed E-state index contributed by atoms with van der Waals surface area (Å²) >= 11 is 0. The Morgan fingerprint density at radius 3 is 2.70 bits per heavy atom. The number of aromatic nitrogens is 1. The van der Waals surface area contributed by atoms with E-state index in [0.29, 0.717) is 6.42 Å². The van der Waals surface area contributed by atoms with E-state index in [0.717, 1.165) is 20.8 Å².